The number of nitrogens with zero attached hydrogens (tertiary/aromatic N) is 1. The summed E-state index contributed by atoms with van der Waals surface area (Å²) in [6.45, 7) is 0. The van der Waals surface area contributed by atoms with Crippen LogP contribution in [0.5, 0.6) is 0 Å². The van der Waals surface area contributed by atoms with Gasteiger partial charge in [-0.2, -0.15) is 0 Å². The summed E-state index contributed by atoms with van der Waals surface area (Å²) in [5.74, 6) is -1.73. The van der Waals surface area contributed by atoms with E-state index in [-0.39, 0.29) is 11.8 Å². The molecule has 4 nitrogen and oxygen atoms in total. The fourth-order valence-corrected chi connectivity index (χ4v) is 3.24. The molecule has 2 aromatic rings. The van der Waals surface area contributed by atoms with Crippen molar-refractivity contribution < 1.29 is 14.4 Å². The third-order valence-corrected chi connectivity index (χ3v) is 4.62. The average molecular weight is 335 g/mol. The van der Waals surface area contributed by atoms with Crippen molar-refractivity contribution in [1.29, 1.82) is 0 Å². The first-order valence-electron chi connectivity index (χ1n) is 8.71. The van der Waals surface area contributed by atoms with Gasteiger partial charge in [-0.25, -0.2) is 4.90 Å². The Morgan fingerprint density at radius 1 is 0.680 bits per heavy atom. The average Bonchev–Trinajstić information content (AvgIpc) is 2.70. The summed E-state index contributed by atoms with van der Waals surface area (Å²) < 4.78 is 0. The molecule has 1 aliphatic carbocycles. The van der Waals surface area contributed by atoms with Crippen LogP contribution < -0.4 is 0 Å². The topological polar surface area (TPSA) is 54.5 Å². The van der Waals surface area contributed by atoms with Gasteiger partial charge in [0.2, 0.25) is 5.91 Å². The van der Waals surface area contributed by atoms with Crippen molar-refractivity contribution in [3.8, 4) is 0 Å². The standard InChI is InChI=1S/C21H21NO3/c23-19(16-10-4-1-5-11-16)22(20(24)17-12-6-2-7-13-17)21(25)18-14-8-3-9-15-18/h1-2,4-7,10-13,18H,3,8-9,14-15H2. The van der Waals surface area contributed by atoms with E-state index in [0.717, 1.165) is 37.0 Å². The number of imide groups is 3. The molecule has 128 valence electrons. The van der Waals surface area contributed by atoms with Gasteiger partial charge in [-0.15, -0.1) is 0 Å². The minimum absolute atomic E-state index is 0.255. The van der Waals surface area contributed by atoms with E-state index in [2.05, 4.69) is 0 Å². The van der Waals surface area contributed by atoms with Gasteiger partial charge in [0.1, 0.15) is 0 Å². The number of benzene rings is 2. The van der Waals surface area contributed by atoms with Crippen molar-refractivity contribution in [3.05, 3.63) is 71.8 Å². The van der Waals surface area contributed by atoms with Crippen LogP contribution in [0.3, 0.4) is 0 Å². The highest BCUT2D eigenvalue weighted by Gasteiger charge is 2.35. The van der Waals surface area contributed by atoms with Crippen LogP contribution in [0, 0.1) is 5.92 Å². The van der Waals surface area contributed by atoms with Crippen LogP contribution in [-0.2, 0) is 4.79 Å². The van der Waals surface area contributed by atoms with Crippen molar-refractivity contribution in [2.24, 2.45) is 5.92 Å². The van der Waals surface area contributed by atoms with Crippen molar-refractivity contribution in [1.82, 2.24) is 4.90 Å². The van der Waals surface area contributed by atoms with Gasteiger partial charge in [0.05, 0.1) is 0 Å². The van der Waals surface area contributed by atoms with E-state index in [1.54, 1.807) is 60.7 Å². The molecule has 0 radical (unpaired) electrons. The van der Waals surface area contributed by atoms with E-state index in [4.69, 9.17) is 0 Å². The molecule has 1 aliphatic rings. The molecule has 0 N–H and O–H groups in total. The van der Waals surface area contributed by atoms with Gasteiger partial charge in [-0.3, -0.25) is 14.4 Å². The Balaban J connectivity index is 1.94. The van der Waals surface area contributed by atoms with Gasteiger partial charge >= 0.3 is 0 Å². The normalized spacial score (nSPS) is 14.7. The molecule has 0 atom stereocenters. The second-order valence-corrected chi connectivity index (χ2v) is 6.35. The zero-order valence-corrected chi connectivity index (χ0v) is 14.1. The molecule has 0 bridgehead atoms. The Morgan fingerprint density at radius 2 is 1.12 bits per heavy atom. The van der Waals surface area contributed by atoms with Gasteiger partial charge < -0.3 is 0 Å². The lowest BCUT2D eigenvalue weighted by molar-refractivity contribution is -0.131. The first-order chi connectivity index (χ1) is 12.2. The number of hydrogen-bond donors (Lipinski definition) is 0. The molecule has 3 rings (SSSR count). The van der Waals surface area contributed by atoms with Crippen molar-refractivity contribution in [2.75, 3.05) is 0 Å². The first-order valence-corrected chi connectivity index (χ1v) is 8.71. The molecular weight excluding hydrogens is 314 g/mol. The predicted octanol–water partition coefficient (Wildman–Crippen LogP) is 4.08. The molecule has 0 spiro atoms. The van der Waals surface area contributed by atoms with Gasteiger partial charge in [0.25, 0.3) is 11.8 Å². The molecule has 0 aliphatic heterocycles. The van der Waals surface area contributed by atoms with Crippen molar-refractivity contribution >= 4 is 17.7 Å². The van der Waals surface area contributed by atoms with Crippen LogP contribution in [0.25, 0.3) is 0 Å². The summed E-state index contributed by atoms with van der Waals surface area (Å²) in [5, 5.41) is 0. The monoisotopic (exact) mass is 335 g/mol. The number of carbonyl (C=O) groups excluding carboxylic acids is 3. The first kappa shape index (κ1) is 17.1. The lowest BCUT2D eigenvalue weighted by Crippen LogP contribution is -2.45. The zero-order chi connectivity index (χ0) is 17.6. The summed E-state index contributed by atoms with van der Waals surface area (Å²) >= 11 is 0. The van der Waals surface area contributed by atoms with E-state index in [1.165, 1.54) is 0 Å². The maximum Gasteiger partial charge on any atom is 0.267 e. The van der Waals surface area contributed by atoms with Crippen LogP contribution in [0.2, 0.25) is 0 Å². The van der Waals surface area contributed by atoms with E-state index in [1.807, 2.05) is 0 Å². The smallest absolute Gasteiger partial charge is 0.267 e. The number of hydrogen-bond acceptors (Lipinski definition) is 3. The molecule has 25 heavy (non-hydrogen) atoms. The van der Waals surface area contributed by atoms with E-state index in [0.29, 0.717) is 11.1 Å². The van der Waals surface area contributed by atoms with Crippen LogP contribution in [0.15, 0.2) is 60.7 Å². The van der Waals surface area contributed by atoms with Crippen molar-refractivity contribution in [2.45, 2.75) is 32.1 Å². The molecule has 0 saturated heterocycles. The minimum Gasteiger partial charge on any atom is -0.274 e. The second kappa shape index (κ2) is 7.88. The lowest BCUT2D eigenvalue weighted by atomic mass is 9.88. The van der Waals surface area contributed by atoms with Crippen molar-refractivity contribution in [3.63, 3.8) is 0 Å². The Labute approximate surface area is 147 Å². The lowest BCUT2D eigenvalue weighted by Gasteiger charge is -2.27. The fraction of sp³-hybridized carbons (Fsp3) is 0.286. The quantitative estimate of drug-likeness (QED) is 0.794. The molecule has 1 fully saturated rings. The summed E-state index contributed by atoms with van der Waals surface area (Å²) in [4.78, 5) is 39.7. The Kier molecular flexibility index (Phi) is 5.39. The molecule has 4 heteroatoms. The van der Waals surface area contributed by atoms with Gasteiger partial charge in [-0.05, 0) is 37.1 Å². The van der Waals surface area contributed by atoms with E-state index < -0.39 is 11.8 Å². The van der Waals surface area contributed by atoms with Crippen LogP contribution >= 0.6 is 0 Å². The van der Waals surface area contributed by atoms with Gasteiger partial charge in [0.15, 0.2) is 0 Å². The molecule has 3 amide bonds. The highest BCUT2D eigenvalue weighted by Crippen LogP contribution is 2.27. The third-order valence-electron chi connectivity index (χ3n) is 4.62. The summed E-state index contributed by atoms with van der Waals surface area (Å²) in [5.41, 5.74) is 0.687. The van der Waals surface area contributed by atoms with E-state index >= 15 is 0 Å². The van der Waals surface area contributed by atoms with Gasteiger partial charge in [-0.1, -0.05) is 55.7 Å². The zero-order valence-electron chi connectivity index (χ0n) is 14.1. The molecule has 2 aromatic carbocycles. The van der Waals surface area contributed by atoms with Crippen LogP contribution in [0.1, 0.15) is 52.8 Å². The van der Waals surface area contributed by atoms with Gasteiger partial charge in [0, 0.05) is 17.0 Å². The SMILES string of the molecule is O=C(c1ccccc1)N(C(=O)c1ccccc1)C(=O)C1CCCCC1. The number of amides is 3. The summed E-state index contributed by atoms with van der Waals surface area (Å²) in [7, 11) is 0. The minimum atomic E-state index is -0.551. The largest absolute Gasteiger partial charge is 0.274 e. The maximum atomic E-state index is 13.0. The number of carbonyl (C=O) groups is 3. The molecule has 1 saturated carbocycles. The predicted molar refractivity (Wildman–Crippen MR) is 95.0 cm³/mol. The Hall–Kier alpha value is -2.75. The Bertz CT molecular complexity index is 698. The number of rotatable bonds is 3. The molecule has 0 aromatic heterocycles. The highest BCUT2D eigenvalue weighted by molar-refractivity contribution is 6.20. The molecule has 0 unspecified atom stereocenters. The summed E-state index contributed by atoms with van der Waals surface area (Å²) in [6.07, 6.45) is 4.49. The fourth-order valence-electron chi connectivity index (χ4n) is 3.24. The molecule has 0 heterocycles. The van der Waals surface area contributed by atoms with Crippen LogP contribution in [0.4, 0.5) is 0 Å². The third kappa shape index (κ3) is 3.85. The molecular formula is C21H21NO3. The second-order valence-electron chi connectivity index (χ2n) is 6.35. The van der Waals surface area contributed by atoms with Crippen LogP contribution in [-0.4, -0.2) is 22.6 Å². The van der Waals surface area contributed by atoms with E-state index in [9.17, 15) is 14.4 Å². The summed E-state index contributed by atoms with van der Waals surface area (Å²) in [6, 6.07) is 17.0. The highest BCUT2D eigenvalue weighted by atomic mass is 16.2. The maximum absolute atomic E-state index is 13.0. The Morgan fingerprint density at radius 3 is 1.56 bits per heavy atom.